The summed E-state index contributed by atoms with van der Waals surface area (Å²) < 4.78 is 0. The Bertz CT molecular complexity index is 1630. The zero-order valence-electron chi connectivity index (χ0n) is 25.9. The first kappa shape index (κ1) is 32.1. The molecule has 0 fully saturated rings. The number of hydrogen-bond acceptors (Lipinski definition) is 4. The molecule has 0 heterocycles. The van der Waals surface area contributed by atoms with Gasteiger partial charge in [-0.15, -0.1) is 0 Å². The second-order valence-electron chi connectivity index (χ2n) is 11.3. The summed E-state index contributed by atoms with van der Waals surface area (Å²) in [6.45, 7) is 8.32. The number of aldehydes is 2. The van der Waals surface area contributed by atoms with Gasteiger partial charge in [-0.2, -0.15) is 0 Å². The number of nitrogens with one attached hydrogen (secondary N) is 2. The van der Waals surface area contributed by atoms with Crippen molar-refractivity contribution < 1.29 is 19.2 Å². The van der Waals surface area contributed by atoms with Crippen LogP contribution in [0.3, 0.4) is 0 Å². The van der Waals surface area contributed by atoms with Crippen LogP contribution in [0.25, 0.3) is 5.57 Å². The van der Waals surface area contributed by atoms with Crippen LogP contribution in [0.5, 0.6) is 0 Å². The number of hydrogen-bond donors (Lipinski definition) is 2. The molecule has 3 aromatic carbocycles. The van der Waals surface area contributed by atoms with Gasteiger partial charge < -0.3 is 10.6 Å². The minimum absolute atomic E-state index is 0.000531. The highest BCUT2D eigenvalue weighted by molar-refractivity contribution is 6.09. The Labute approximate surface area is 260 Å². The van der Waals surface area contributed by atoms with Crippen molar-refractivity contribution in [3.63, 3.8) is 0 Å². The fraction of sp³-hybridized carbons (Fsp3) is 0.263. The first-order chi connectivity index (χ1) is 21.3. The van der Waals surface area contributed by atoms with Crippen LogP contribution in [-0.4, -0.2) is 30.4 Å². The van der Waals surface area contributed by atoms with Gasteiger partial charge in [-0.25, -0.2) is 0 Å². The number of anilines is 1. The third-order valence-corrected chi connectivity index (χ3v) is 8.18. The number of carbonyl (C=O) groups excluding carboxylic acids is 4. The molecule has 2 N–H and O–H groups in total. The maximum absolute atomic E-state index is 13.1. The smallest absolute Gasteiger partial charge is 0.256 e. The lowest BCUT2D eigenvalue weighted by Crippen LogP contribution is -2.32. The number of benzene rings is 3. The Kier molecular flexibility index (Phi) is 11.0. The lowest BCUT2D eigenvalue weighted by Gasteiger charge is -2.13. The summed E-state index contributed by atoms with van der Waals surface area (Å²) in [5, 5.41) is 5.79. The summed E-state index contributed by atoms with van der Waals surface area (Å²) in [6.07, 6.45) is 13.4. The molecule has 0 spiro atoms. The SMILES string of the molecule is CCC(C)NC(=O)c1ccc(Cc2ccc(C(=O)Nc3ccc(C4=CCC=C(C(C)CC)C=C4)cc3)c(C=O)c2)cc1C=O. The van der Waals surface area contributed by atoms with Gasteiger partial charge in [-0.3, -0.25) is 19.2 Å². The van der Waals surface area contributed by atoms with Crippen LogP contribution < -0.4 is 10.6 Å². The molecule has 0 saturated heterocycles. The minimum Gasteiger partial charge on any atom is -0.350 e. The molecule has 44 heavy (non-hydrogen) atoms. The van der Waals surface area contributed by atoms with Crippen molar-refractivity contribution >= 4 is 35.6 Å². The average molecular weight is 589 g/mol. The van der Waals surface area contributed by atoms with Gasteiger partial charge in [0.15, 0.2) is 12.6 Å². The number of rotatable bonds is 12. The lowest BCUT2D eigenvalue weighted by molar-refractivity contribution is 0.0933. The van der Waals surface area contributed by atoms with Gasteiger partial charge in [-0.1, -0.05) is 69.3 Å². The molecule has 1 aliphatic rings. The number of carbonyl (C=O) groups is 4. The third-order valence-electron chi connectivity index (χ3n) is 8.18. The van der Waals surface area contributed by atoms with Crippen LogP contribution in [0.1, 0.15) is 105 Å². The summed E-state index contributed by atoms with van der Waals surface area (Å²) in [5.41, 5.74) is 6.99. The van der Waals surface area contributed by atoms with Crippen molar-refractivity contribution in [2.45, 2.75) is 59.4 Å². The molecule has 0 aromatic heterocycles. The maximum atomic E-state index is 13.1. The zero-order chi connectivity index (χ0) is 31.6. The van der Waals surface area contributed by atoms with E-state index in [4.69, 9.17) is 0 Å². The molecule has 3 aromatic rings. The maximum Gasteiger partial charge on any atom is 0.256 e. The van der Waals surface area contributed by atoms with Gasteiger partial charge in [0, 0.05) is 28.4 Å². The van der Waals surface area contributed by atoms with E-state index in [1.165, 1.54) is 5.57 Å². The largest absolute Gasteiger partial charge is 0.350 e. The molecule has 0 aliphatic heterocycles. The second kappa shape index (κ2) is 15.1. The van der Waals surface area contributed by atoms with E-state index in [9.17, 15) is 19.2 Å². The second-order valence-corrected chi connectivity index (χ2v) is 11.3. The van der Waals surface area contributed by atoms with Crippen LogP contribution in [-0.2, 0) is 6.42 Å². The normalized spacial score (nSPS) is 14.0. The van der Waals surface area contributed by atoms with Gasteiger partial charge in [0.05, 0.1) is 5.56 Å². The molecule has 0 bridgehead atoms. The Morgan fingerprint density at radius 2 is 1.39 bits per heavy atom. The molecule has 4 rings (SSSR count). The predicted octanol–water partition coefficient (Wildman–Crippen LogP) is 8.00. The van der Waals surface area contributed by atoms with Crippen LogP contribution in [0.2, 0.25) is 0 Å². The molecule has 0 radical (unpaired) electrons. The van der Waals surface area contributed by atoms with Gasteiger partial charge in [-0.05, 0) is 103 Å². The summed E-state index contributed by atoms with van der Waals surface area (Å²) >= 11 is 0. The van der Waals surface area contributed by atoms with Crippen molar-refractivity contribution in [1.29, 1.82) is 0 Å². The first-order valence-electron chi connectivity index (χ1n) is 15.2. The fourth-order valence-corrected chi connectivity index (χ4v) is 5.10. The van der Waals surface area contributed by atoms with Crippen molar-refractivity contribution in [2.24, 2.45) is 5.92 Å². The highest BCUT2D eigenvalue weighted by Crippen LogP contribution is 2.26. The third kappa shape index (κ3) is 7.95. The fourth-order valence-electron chi connectivity index (χ4n) is 5.10. The molecule has 2 atom stereocenters. The van der Waals surface area contributed by atoms with Gasteiger partial charge >= 0.3 is 0 Å². The monoisotopic (exact) mass is 588 g/mol. The minimum atomic E-state index is -0.373. The van der Waals surface area contributed by atoms with Gasteiger partial charge in [0.2, 0.25) is 0 Å². The van der Waals surface area contributed by atoms with E-state index < -0.39 is 0 Å². The summed E-state index contributed by atoms with van der Waals surface area (Å²) in [5.74, 6) is -0.132. The molecular weight excluding hydrogens is 548 g/mol. The topological polar surface area (TPSA) is 92.3 Å². The van der Waals surface area contributed by atoms with Crippen LogP contribution >= 0.6 is 0 Å². The molecule has 1 aliphatic carbocycles. The molecule has 0 saturated carbocycles. The Balaban J connectivity index is 1.44. The Morgan fingerprint density at radius 3 is 1.95 bits per heavy atom. The standard InChI is InChI=1S/C38H40N2O4/c1-5-25(3)29-8-7-9-30(13-12-29)31-14-16-34(17-15-31)40-38(44)36-19-11-28(22-33(36)24-42)20-27-10-18-35(32(21-27)23-41)37(43)39-26(4)6-2/h8-19,21-26H,5-7,20H2,1-4H3,(H,39,43)(H,40,44). The molecular formula is C38H40N2O4. The van der Waals surface area contributed by atoms with Crippen molar-refractivity contribution in [3.8, 4) is 0 Å². The Morgan fingerprint density at radius 1 is 0.773 bits per heavy atom. The molecule has 2 unspecified atom stereocenters. The summed E-state index contributed by atoms with van der Waals surface area (Å²) in [6, 6.07) is 17.9. The lowest BCUT2D eigenvalue weighted by atomic mass is 9.96. The molecule has 2 amide bonds. The van der Waals surface area contributed by atoms with E-state index in [0.717, 1.165) is 41.5 Å². The summed E-state index contributed by atoms with van der Waals surface area (Å²) in [4.78, 5) is 49.4. The zero-order valence-corrected chi connectivity index (χ0v) is 25.9. The van der Waals surface area contributed by atoms with E-state index in [1.807, 2.05) is 38.1 Å². The molecule has 6 nitrogen and oxygen atoms in total. The van der Waals surface area contributed by atoms with Crippen LogP contribution in [0, 0.1) is 5.92 Å². The van der Waals surface area contributed by atoms with Gasteiger partial charge in [0.1, 0.15) is 0 Å². The Hall–Kier alpha value is -4.84. The quantitative estimate of drug-likeness (QED) is 0.210. The van der Waals surface area contributed by atoms with Crippen molar-refractivity contribution in [1.82, 2.24) is 5.32 Å². The highest BCUT2D eigenvalue weighted by Gasteiger charge is 2.16. The predicted molar refractivity (Wildman–Crippen MR) is 177 cm³/mol. The number of amides is 2. The van der Waals surface area contributed by atoms with E-state index in [0.29, 0.717) is 41.7 Å². The van der Waals surface area contributed by atoms with Crippen molar-refractivity contribution in [3.05, 3.63) is 129 Å². The summed E-state index contributed by atoms with van der Waals surface area (Å²) in [7, 11) is 0. The van der Waals surface area contributed by atoms with E-state index >= 15 is 0 Å². The van der Waals surface area contributed by atoms with Crippen molar-refractivity contribution in [2.75, 3.05) is 5.32 Å². The molecule has 6 heteroatoms. The highest BCUT2D eigenvalue weighted by atomic mass is 16.2. The van der Waals surface area contributed by atoms with E-state index in [-0.39, 0.29) is 29.0 Å². The number of allylic oxidation sites excluding steroid dienone is 6. The van der Waals surface area contributed by atoms with Gasteiger partial charge in [0.25, 0.3) is 11.8 Å². The van der Waals surface area contributed by atoms with Crippen LogP contribution in [0.15, 0.2) is 90.5 Å². The van der Waals surface area contributed by atoms with E-state index in [2.05, 4.69) is 48.8 Å². The first-order valence-corrected chi connectivity index (χ1v) is 15.2. The molecule has 226 valence electrons. The average Bonchev–Trinajstić information content (AvgIpc) is 3.31. The van der Waals surface area contributed by atoms with E-state index in [1.54, 1.807) is 36.4 Å². The van der Waals surface area contributed by atoms with Crippen LogP contribution in [0.4, 0.5) is 5.69 Å².